The van der Waals surface area contributed by atoms with Gasteiger partial charge >= 0.3 is 0 Å². The molecular weight excluding hydrogens is 150 g/mol. The van der Waals surface area contributed by atoms with E-state index in [1.807, 2.05) is 0 Å². The summed E-state index contributed by atoms with van der Waals surface area (Å²) in [6.07, 6.45) is 2.27. The predicted octanol–water partition coefficient (Wildman–Crippen LogP) is 0.789. The van der Waals surface area contributed by atoms with Gasteiger partial charge in [0.25, 0.3) is 0 Å². The van der Waals surface area contributed by atoms with E-state index >= 15 is 0 Å². The monoisotopic (exact) mass is 165 g/mol. The number of aliphatic hydroxyl groups is 1. The zero-order valence-corrected chi connectivity index (χ0v) is 7.16. The molecule has 10 heavy (non-hydrogen) atoms. The standard InChI is InChI=1S/C7H15NO.ClH/c1-2-3-6-4-8-5-7(6)9;/h6-9H,2-5H2,1H3;1H. The van der Waals surface area contributed by atoms with Gasteiger partial charge in [0.15, 0.2) is 0 Å². The molecule has 0 aromatic rings. The normalized spacial score (nSPS) is 31.8. The Balaban J connectivity index is 0.000000810. The second-order valence-corrected chi connectivity index (χ2v) is 2.77. The van der Waals surface area contributed by atoms with E-state index in [4.69, 9.17) is 0 Å². The molecule has 0 bridgehead atoms. The van der Waals surface area contributed by atoms with E-state index in [0.29, 0.717) is 5.92 Å². The summed E-state index contributed by atoms with van der Waals surface area (Å²) in [5, 5.41) is 12.4. The number of halogens is 1. The first kappa shape index (κ1) is 10.2. The van der Waals surface area contributed by atoms with Crippen LogP contribution in [0.4, 0.5) is 0 Å². The van der Waals surface area contributed by atoms with Crippen LogP contribution in [0.3, 0.4) is 0 Å². The minimum Gasteiger partial charge on any atom is -0.391 e. The molecule has 62 valence electrons. The molecule has 1 saturated heterocycles. The summed E-state index contributed by atoms with van der Waals surface area (Å²) in [6, 6.07) is 0. The fourth-order valence-electron chi connectivity index (χ4n) is 1.38. The Morgan fingerprint density at radius 2 is 2.20 bits per heavy atom. The van der Waals surface area contributed by atoms with Crippen LogP contribution in [0.25, 0.3) is 0 Å². The minimum atomic E-state index is -0.0788. The summed E-state index contributed by atoms with van der Waals surface area (Å²) in [5.74, 6) is 0.523. The Morgan fingerprint density at radius 1 is 1.50 bits per heavy atom. The average molecular weight is 166 g/mol. The zero-order chi connectivity index (χ0) is 6.69. The van der Waals surface area contributed by atoms with Crippen LogP contribution in [0.5, 0.6) is 0 Å². The Labute approximate surface area is 68.4 Å². The number of hydrogen-bond acceptors (Lipinski definition) is 2. The van der Waals surface area contributed by atoms with Crippen molar-refractivity contribution in [3.05, 3.63) is 0 Å². The largest absolute Gasteiger partial charge is 0.391 e. The lowest BCUT2D eigenvalue weighted by Crippen LogP contribution is -2.17. The van der Waals surface area contributed by atoms with Crippen molar-refractivity contribution in [2.24, 2.45) is 5.92 Å². The topological polar surface area (TPSA) is 32.3 Å². The van der Waals surface area contributed by atoms with Gasteiger partial charge in [-0.25, -0.2) is 0 Å². The van der Waals surface area contributed by atoms with E-state index < -0.39 is 0 Å². The van der Waals surface area contributed by atoms with Crippen LogP contribution in [0.1, 0.15) is 19.8 Å². The summed E-state index contributed by atoms with van der Waals surface area (Å²) in [5.41, 5.74) is 0. The SMILES string of the molecule is CCCC1CNCC1O.Cl. The first-order valence-electron chi connectivity index (χ1n) is 3.73. The molecule has 2 atom stereocenters. The number of rotatable bonds is 2. The molecule has 2 unspecified atom stereocenters. The van der Waals surface area contributed by atoms with Crippen LogP contribution >= 0.6 is 12.4 Å². The Hall–Kier alpha value is 0.210. The molecule has 1 aliphatic rings. The molecule has 1 heterocycles. The smallest absolute Gasteiger partial charge is 0.0704 e. The second kappa shape index (κ2) is 4.94. The first-order chi connectivity index (χ1) is 4.34. The molecule has 2 N–H and O–H groups in total. The Kier molecular flexibility index (Phi) is 5.04. The summed E-state index contributed by atoms with van der Waals surface area (Å²) in [4.78, 5) is 0. The Bertz CT molecular complexity index is 89.7. The number of hydrogen-bond donors (Lipinski definition) is 2. The molecule has 1 rings (SSSR count). The second-order valence-electron chi connectivity index (χ2n) is 2.77. The molecule has 0 aromatic carbocycles. The summed E-state index contributed by atoms with van der Waals surface area (Å²) >= 11 is 0. The lowest BCUT2D eigenvalue weighted by Gasteiger charge is -2.10. The lowest BCUT2D eigenvalue weighted by atomic mass is 10.0. The number of β-amino-alcohol motifs (C(OH)–C–C–N with tert-alkyl or cyclic N) is 1. The van der Waals surface area contributed by atoms with Crippen molar-refractivity contribution in [3.63, 3.8) is 0 Å². The van der Waals surface area contributed by atoms with Gasteiger partial charge in [-0.1, -0.05) is 13.3 Å². The van der Waals surface area contributed by atoms with Crippen molar-refractivity contribution >= 4 is 12.4 Å². The zero-order valence-electron chi connectivity index (χ0n) is 6.34. The maximum Gasteiger partial charge on any atom is 0.0704 e. The van der Waals surface area contributed by atoms with Gasteiger partial charge in [-0.15, -0.1) is 12.4 Å². The molecule has 1 fully saturated rings. The van der Waals surface area contributed by atoms with Crippen LogP contribution < -0.4 is 5.32 Å². The maximum absolute atomic E-state index is 9.26. The Morgan fingerprint density at radius 3 is 2.60 bits per heavy atom. The van der Waals surface area contributed by atoms with Crippen LogP contribution in [0, 0.1) is 5.92 Å². The highest BCUT2D eigenvalue weighted by Crippen LogP contribution is 2.14. The third kappa shape index (κ3) is 2.45. The van der Waals surface area contributed by atoms with Crippen LogP contribution in [0.15, 0.2) is 0 Å². The fraction of sp³-hybridized carbons (Fsp3) is 1.00. The predicted molar refractivity (Wildman–Crippen MR) is 44.5 cm³/mol. The molecule has 0 amide bonds. The maximum atomic E-state index is 9.26. The fourth-order valence-corrected chi connectivity index (χ4v) is 1.38. The first-order valence-corrected chi connectivity index (χ1v) is 3.73. The van der Waals surface area contributed by atoms with Crippen molar-refractivity contribution in [2.75, 3.05) is 13.1 Å². The highest BCUT2D eigenvalue weighted by atomic mass is 35.5. The van der Waals surface area contributed by atoms with E-state index in [0.717, 1.165) is 19.5 Å². The van der Waals surface area contributed by atoms with Gasteiger partial charge in [0.2, 0.25) is 0 Å². The van der Waals surface area contributed by atoms with Gasteiger partial charge in [0, 0.05) is 13.1 Å². The van der Waals surface area contributed by atoms with E-state index in [-0.39, 0.29) is 18.5 Å². The lowest BCUT2D eigenvalue weighted by molar-refractivity contribution is 0.142. The summed E-state index contributed by atoms with van der Waals surface area (Å²) < 4.78 is 0. The van der Waals surface area contributed by atoms with E-state index in [1.165, 1.54) is 6.42 Å². The molecule has 0 aliphatic carbocycles. The quantitative estimate of drug-likeness (QED) is 0.634. The van der Waals surface area contributed by atoms with Crippen molar-refractivity contribution in [2.45, 2.75) is 25.9 Å². The minimum absolute atomic E-state index is 0. The van der Waals surface area contributed by atoms with Gasteiger partial charge in [0.05, 0.1) is 6.10 Å². The summed E-state index contributed by atoms with van der Waals surface area (Å²) in [7, 11) is 0. The number of nitrogens with one attached hydrogen (secondary N) is 1. The highest BCUT2D eigenvalue weighted by Gasteiger charge is 2.23. The highest BCUT2D eigenvalue weighted by molar-refractivity contribution is 5.85. The average Bonchev–Trinajstić information content (AvgIpc) is 2.18. The molecule has 0 spiro atoms. The molecule has 0 radical (unpaired) electrons. The number of aliphatic hydroxyl groups excluding tert-OH is 1. The van der Waals surface area contributed by atoms with Gasteiger partial charge in [-0.3, -0.25) is 0 Å². The third-order valence-corrected chi connectivity index (χ3v) is 1.96. The van der Waals surface area contributed by atoms with Crippen LogP contribution in [-0.4, -0.2) is 24.3 Å². The summed E-state index contributed by atoms with van der Waals surface area (Å²) in [6.45, 7) is 3.96. The van der Waals surface area contributed by atoms with Crippen LogP contribution in [-0.2, 0) is 0 Å². The molecule has 3 heteroatoms. The van der Waals surface area contributed by atoms with Crippen molar-refractivity contribution in [1.29, 1.82) is 0 Å². The van der Waals surface area contributed by atoms with Gasteiger partial charge < -0.3 is 10.4 Å². The molecule has 1 aliphatic heterocycles. The third-order valence-electron chi connectivity index (χ3n) is 1.96. The van der Waals surface area contributed by atoms with E-state index in [2.05, 4.69) is 12.2 Å². The van der Waals surface area contributed by atoms with Gasteiger partial charge in [-0.2, -0.15) is 0 Å². The van der Waals surface area contributed by atoms with Gasteiger partial charge in [0.1, 0.15) is 0 Å². The van der Waals surface area contributed by atoms with E-state index in [1.54, 1.807) is 0 Å². The molecular formula is C7H16ClNO. The van der Waals surface area contributed by atoms with Gasteiger partial charge in [-0.05, 0) is 12.3 Å². The molecule has 0 saturated carbocycles. The van der Waals surface area contributed by atoms with Crippen molar-refractivity contribution in [1.82, 2.24) is 5.32 Å². The van der Waals surface area contributed by atoms with Crippen molar-refractivity contribution < 1.29 is 5.11 Å². The van der Waals surface area contributed by atoms with E-state index in [9.17, 15) is 5.11 Å². The molecule has 2 nitrogen and oxygen atoms in total. The van der Waals surface area contributed by atoms with Crippen LogP contribution in [0.2, 0.25) is 0 Å². The molecule has 0 aromatic heterocycles. The van der Waals surface area contributed by atoms with Crippen molar-refractivity contribution in [3.8, 4) is 0 Å².